The van der Waals surface area contributed by atoms with Crippen LogP contribution in [0.5, 0.6) is 0 Å². The molecule has 0 saturated carbocycles. The maximum Gasteiger partial charge on any atom is 0.308 e. The fourth-order valence-electron chi connectivity index (χ4n) is 1.59. The molecular formula is C9H17NO2. The molecule has 0 aromatic rings. The topological polar surface area (TPSA) is 38.3 Å². The minimum absolute atomic E-state index is 0.0429. The van der Waals surface area contributed by atoms with Gasteiger partial charge in [-0.1, -0.05) is 6.42 Å². The number of carbonyl (C=O) groups excluding carboxylic acids is 1. The van der Waals surface area contributed by atoms with Crippen molar-refractivity contribution in [3.8, 4) is 0 Å². The number of ether oxygens (including phenoxy) is 1. The molecule has 1 atom stereocenters. The summed E-state index contributed by atoms with van der Waals surface area (Å²) in [6.07, 6.45) is 4.22. The number of methoxy groups -OCH3 is 1. The highest BCUT2D eigenvalue weighted by Gasteiger charge is 2.19. The van der Waals surface area contributed by atoms with Crippen molar-refractivity contribution >= 4 is 5.97 Å². The van der Waals surface area contributed by atoms with E-state index in [0.29, 0.717) is 0 Å². The first-order valence-corrected chi connectivity index (χ1v) is 4.63. The molecule has 1 rings (SSSR count). The van der Waals surface area contributed by atoms with Crippen molar-refractivity contribution < 1.29 is 9.53 Å². The van der Waals surface area contributed by atoms with Gasteiger partial charge in [-0.15, -0.1) is 0 Å². The van der Waals surface area contributed by atoms with Crippen LogP contribution in [0, 0.1) is 5.92 Å². The highest BCUT2D eigenvalue weighted by molar-refractivity contribution is 5.72. The minimum Gasteiger partial charge on any atom is -0.469 e. The Labute approximate surface area is 73.5 Å². The van der Waals surface area contributed by atoms with Gasteiger partial charge < -0.3 is 10.1 Å². The van der Waals surface area contributed by atoms with Gasteiger partial charge in [0.25, 0.3) is 0 Å². The van der Waals surface area contributed by atoms with Gasteiger partial charge in [-0.3, -0.25) is 4.79 Å². The summed E-state index contributed by atoms with van der Waals surface area (Å²) in [6.45, 7) is 2.04. The van der Waals surface area contributed by atoms with E-state index in [9.17, 15) is 4.79 Å². The van der Waals surface area contributed by atoms with E-state index >= 15 is 0 Å². The summed E-state index contributed by atoms with van der Waals surface area (Å²) in [7, 11) is 1.47. The number of rotatable bonds is 1. The fraction of sp³-hybridized carbons (Fsp3) is 0.889. The SMILES string of the molecule is COC(=O)[C@@H]1CCCCNCC1. The molecule has 0 aromatic carbocycles. The Kier molecular flexibility index (Phi) is 4.08. The smallest absolute Gasteiger partial charge is 0.308 e. The number of carbonyl (C=O) groups is 1. The quantitative estimate of drug-likeness (QED) is 0.597. The molecule has 3 nitrogen and oxygen atoms in total. The molecule has 0 spiro atoms. The predicted octanol–water partition coefficient (Wildman–Crippen LogP) is 0.939. The molecule has 1 saturated heterocycles. The lowest BCUT2D eigenvalue weighted by atomic mass is 9.97. The van der Waals surface area contributed by atoms with Crippen molar-refractivity contribution in [3.63, 3.8) is 0 Å². The molecule has 0 bridgehead atoms. The monoisotopic (exact) mass is 171 g/mol. The zero-order chi connectivity index (χ0) is 8.81. The van der Waals surface area contributed by atoms with E-state index in [4.69, 9.17) is 4.74 Å². The van der Waals surface area contributed by atoms with Crippen LogP contribution < -0.4 is 5.32 Å². The molecule has 0 unspecified atom stereocenters. The molecule has 1 heterocycles. The lowest BCUT2D eigenvalue weighted by Crippen LogP contribution is -2.26. The van der Waals surface area contributed by atoms with Crippen molar-refractivity contribution in [1.29, 1.82) is 0 Å². The normalized spacial score (nSPS) is 25.6. The Balaban J connectivity index is 2.34. The molecule has 0 radical (unpaired) electrons. The van der Waals surface area contributed by atoms with Crippen LogP contribution in [0.4, 0.5) is 0 Å². The van der Waals surface area contributed by atoms with Gasteiger partial charge >= 0.3 is 5.97 Å². The van der Waals surface area contributed by atoms with E-state index in [-0.39, 0.29) is 11.9 Å². The predicted molar refractivity (Wildman–Crippen MR) is 46.8 cm³/mol. The Bertz CT molecular complexity index is 139. The van der Waals surface area contributed by atoms with Crippen LogP contribution in [0.2, 0.25) is 0 Å². The summed E-state index contributed by atoms with van der Waals surface area (Å²) in [5, 5.41) is 3.29. The van der Waals surface area contributed by atoms with Crippen LogP contribution in [-0.4, -0.2) is 26.2 Å². The van der Waals surface area contributed by atoms with Crippen LogP contribution in [-0.2, 0) is 9.53 Å². The van der Waals surface area contributed by atoms with Gasteiger partial charge in [0.2, 0.25) is 0 Å². The van der Waals surface area contributed by atoms with Crippen LogP contribution in [0.25, 0.3) is 0 Å². The summed E-state index contributed by atoms with van der Waals surface area (Å²) in [5.41, 5.74) is 0. The molecule has 70 valence electrons. The Morgan fingerprint density at radius 1 is 1.33 bits per heavy atom. The summed E-state index contributed by atoms with van der Waals surface area (Å²) in [6, 6.07) is 0. The van der Waals surface area contributed by atoms with E-state index < -0.39 is 0 Å². The molecule has 1 aliphatic heterocycles. The first-order chi connectivity index (χ1) is 5.84. The average Bonchev–Trinajstić information content (AvgIpc) is 2.02. The zero-order valence-corrected chi connectivity index (χ0v) is 7.64. The second-order valence-electron chi connectivity index (χ2n) is 3.25. The third-order valence-corrected chi connectivity index (χ3v) is 2.36. The van der Waals surface area contributed by atoms with Crippen molar-refractivity contribution in [2.75, 3.05) is 20.2 Å². The molecule has 12 heavy (non-hydrogen) atoms. The molecule has 1 fully saturated rings. The third-order valence-electron chi connectivity index (χ3n) is 2.36. The van der Waals surface area contributed by atoms with Crippen molar-refractivity contribution in [2.45, 2.75) is 25.7 Å². The first-order valence-electron chi connectivity index (χ1n) is 4.63. The summed E-state index contributed by atoms with van der Waals surface area (Å²) in [5.74, 6) is 0.0847. The van der Waals surface area contributed by atoms with E-state index in [1.165, 1.54) is 13.5 Å². The largest absolute Gasteiger partial charge is 0.469 e. The maximum atomic E-state index is 11.2. The number of esters is 1. The third kappa shape index (κ3) is 2.81. The zero-order valence-electron chi connectivity index (χ0n) is 7.64. The van der Waals surface area contributed by atoms with E-state index in [1.54, 1.807) is 0 Å². The Hall–Kier alpha value is -0.570. The maximum absolute atomic E-state index is 11.2. The molecule has 0 aliphatic carbocycles. The Morgan fingerprint density at radius 3 is 2.92 bits per heavy atom. The van der Waals surface area contributed by atoms with Crippen molar-refractivity contribution in [2.24, 2.45) is 5.92 Å². The Morgan fingerprint density at radius 2 is 2.17 bits per heavy atom. The van der Waals surface area contributed by atoms with Crippen LogP contribution in [0.3, 0.4) is 0 Å². The van der Waals surface area contributed by atoms with Gasteiger partial charge in [0.1, 0.15) is 0 Å². The molecule has 0 aromatic heterocycles. The van der Waals surface area contributed by atoms with Gasteiger partial charge in [-0.25, -0.2) is 0 Å². The highest BCUT2D eigenvalue weighted by Crippen LogP contribution is 2.15. The summed E-state index contributed by atoms with van der Waals surface area (Å²) >= 11 is 0. The molecule has 3 heteroatoms. The highest BCUT2D eigenvalue weighted by atomic mass is 16.5. The standard InChI is InChI=1S/C9H17NO2/c1-12-9(11)8-4-2-3-6-10-7-5-8/h8,10H,2-7H2,1H3/t8-/m1/s1. The average molecular weight is 171 g/mol. The van der Waals surface area contributed by atoms with Gasteiger partial charge in [-0.2, -0.15) is 0 Å². The van der Waals surface area contributed by atoms with Gasteiger partial charge in [0.05, 0.1) is 13.0 Å². The first kappa shape index (κ1) is 9.52. The van der Waals surface area contributed by atoms with Crippen molar-refractivity contribution in [3.05, 3.63) is 0 Å². The number of hydrogen-bond donors (Lipinski definition) is 1. The van der Waals surface area contributed by atoms with Gasteiger partial charge in [-0.05, 0) is 32.4 Å². The molecule has 0 amide bonds. The molecular weight excluding hydrogens is 154 g/mol. The second kappa shape index (κ2) is 5.14. The van der Waals surface area contributed by atoms with Gasteiger partial charge in [0.15, 0.2) is 0 Å². The van der Waals surface area contributed by atoms with Crippen LogP contribution >= 0.6 is 0 Å². The summed E-state index contributed by atoms with van der Waals surface area (Å²) < 4.78 is 4.72. The molecule has 1 aliphatic rings. The van der Waals surface area contributed by atoms with E-state index in [1.807, 2.05) is 0 Å². The van der Waals surface area contributed by atoms with E-state index in [0.717, 1.165) is 32.4 Å². The lowest BCUT2D eigenvalue weighted by molar-refractivity contribution is -0.146. The van der Waals surface area contributed by atoms with Crippen LogP contribution in [0.1, 0.15) is 25.7 Å². The van der Waals surface area contributed by atoms with Crippen LogP contribution in [0.15, 0.2) is 0 Å². The number of hydrogen-bond acceptors (Lipinski definition) is 3. The van der Waals surface area contributed by atoms with E-state index in [2.05, 4.69) is 5.32 Å². The lowest BCUT2D eigenvalue weighted by Gasteiger charge is -2.17. The summed E-state index contributed by atoms with van der Waals surface area (Å²) in [4.78, 5) is 11.2. The molecule has 1 N–H and O–H groups in total. The second-order valence-corrected chi connectivity index (χ2v) is 3.25. The van der Waals surface area contributed by atoms with Gasteiger partial charge in [0, 0.05) is 0 Å². The number of nitrogens with one attached hydrogen (secondary N) is 1. The van der Waals surface area contributed by atoms with Crippen molar-refractivity contribution in [1.82, 2.24) is 5.32 Å². The fourth-order valence-corrected chi connectivity index (χ4v) is 1.59. The minimum atomic E-state index is -0.0429.